The van der Waals surface area contributed by atoms with Gasteiger partial charge >= 0.3 is 5.97 Å². The van der Waals surface area contributed by atoms with Crippen molar-refractivity contribution in [3.05, 3.63) is 54.0 Å². The first kappa shape index (κ1) is 16.4. The van der Waals surface area contributed by atoms with Crippen LogP contribution in [-0.2, 0) is 5.41 Å². The molecule has 2 aromatic heterocycles. The van der Waals surface area contributed by atoms with Crippen LogP contribution in [0.25, 0.3) is 11.3 Å². The van der Waals surface area contributed by atoms with Gasteiger partial charge in [-0.2, -0.15) is 0 Å². The second-order valence-electron chi connectivity index (χ2n) is 7.60. The van der Waals surface area contributed by atoms with Gasteiger partial charge in [-0.25, -0.2) is 4.79 Å². The molecule has 138 valence electrons. The van der Waals surface area contributed by atoms with Gasteiger partial charge in [0.15, 0.2) is 0 Å². The molecular weight excluding hydrogens is 340 g/mol. The molecule has 2 aromatic rings. The molecule has 0 amide bonds. The van der Waals surface area contributed by atoms with Gasteiger partial charge in [0, 0.05) is 55.1 Å². The van der Waals surface area contributed by atoms with Crippen molar-refractivity contribution in [2.24, 2.45) is 5.92 Å². The number of carboxylic acid groups (broad SMARTS) is 1. The molecule has 2 aliphatic carbocycles. The Kier molecular flexibility index (Phi) is 3.75. The predicted octanol–water partition coefficient (Wildman–Crippen LogP) is 2.47. The van der Waals surface area contributed by atoms with Crippen LogP contribution in [0.5, 0.6) is 0 Å². The van der Waals surface area contributed by atoms with Crippen molar-refractivity contribution in [2.75, 3.05) is 31.1 Å². The highest BCUT2D eigenvalue weighted by Gasteiger charge is 2.57. The van der Waals surface area contributed by atoms with Gasteiger partial charge in [0.05, 0.1) is 23.1 Å². The summed E-state index contributed by atoms with van der Waals surface area (Å²) in [4.78, 5) is 23.4. The molecule has 0 aromatic carbocycles. The Morgan fingerprint density at radius 3 is 2.81 bits per heavy atom. The van der Waals surface area contributed by atoms with Gasteiger partial charge in [-0.15, -0.1) is 0 Å². The van der Waals surface area contributed by atoms with E-state index in [9.17, 15) is 9.90 Å². The minimum absolute atomic E-state index is 0.165. The Labute approximate surface area is 158 Å². The van der Waals surface area contributed by atoms with Crippen LogP contribution < -0.4 is 10.2 Å². The van der Waals surface area contributed by atoms with Crippen molar-refractivity contribution < 1.29 is 9.90 Å². The number of pyridine rings is 2. The molecule has 2 N–H and O–H groups in total. The zero-order chi connectivity index (χ0) is 18.4. The molecule has 2 atom stereocenters. The third-order valence-corrected chi connectivity index (χ3v) is 6.15. The maximum atomic E-state index is 12.0. The van der Waals surface area contributed by atoms with E-state index in [0.29, 0.717) is 11.5 Å². The smallest absolute Gasteiger partial charge is 0.336 e. The summed E-state index contributed by atoms with van der Waals surface area (Å²) >= 11 is 0. The largest absolute Gasteiger partial charge is 0.478 e. The SMILES string of the molecule is O=C(O)c1ccnc(-c2ccncc2N2CCNCC2)c1C12C=CCC1C2. The number of anilines is 1. The standard InChI is InChI=1S/C21H22N4O2/c26-20(27)16-4-7-24-19(18(16)21-5-1-2-14(21)12-21)15-3-6-23-13-17(15)25-10-8-22-9-11-25/h1,3-7,13-14,22H,2,8-12H2,(H,26,27). The lowest BCUT2D eigenvalue weighted by molar-refractivity contribution is 0.0695. The van der Waals surface area contributed by atoms with Crippen LogP contribution >= 0.6 is 0 Å². The van der Waals surface area contributed by atoms with Gasteiger partial charge in [-0.3, -0.25) is 9.97 Å². The molecule has 5 rings (SSSR count). The Bertz CT molecular complexity index is 936. The van der Waals surface area contributed by atoms with Gasteiger partial charge in [-0.1, -0.05) is 12.2 Å². The van der Waals surface area contributed by atoms with Gasteiger partial charge in [0.2, 0.25) is 0 Å². The Balaban J connectivity index is 1.70. The predicted molar refractivity (Wildman–Crippen MR) is 103 cm³/mol. The lowest BCUT2D eigenvalue weighted by atomic mass is 9.87. The number of fused-ring (bicyclic) bond motifs is 1. The first-order chi connectivity index (χ1) is 13.2. The number of nitrogens with zero attached hydrogens (tertiary/aromatic N) is 3. The Morgan fingerprint density at radius 1 is 1.26 bits per heavy atom. The van der Waals surface area contributed by atoms with Crippen molar-refractivity contribution in [3.8, 4) is 11.3 Å². The quantitative estimate of drug-likeness (QED) is 0.814. The molecule has 0 bridgehead atoms. The van der Waals surface area contributed by atoms with Crippen molar-refractivity contribution in [2.45, 2.75) is 18.3 Å². The molecule has 3 heterocycles. The van der Waals surface area contributed by atoms with Gasteiger partial charge < -0.3 is 15.3 Å². The molecule has 1 saturated carbocycles. The van der Waals surface area contributed by atoms with Crippen LogP contribution in [0.3, 0.4) is 0 Å². The van der Waals surface area contributed by atoms with E-state index in [0.717, 1.165) is 61.5 Å². The second-order valence-corrected chi connectivity index (χ2v) is 7.60. The van der Waals surface area contributed by atoms with Gasteiger partial charge in [0.1, 0.15) is 0 Å². The first-order valence-electron chi connectivity index (χ1n) is 9.51. The van der Waals surface area contributed by atoms with Crippen LogP contribution in [0.4, 0.5) is 5.69 Å². The summed E-state index contributed by atoms with van der Waals surface area (Å²) in [6.07, 6.45) is 11.7. The topological polar surface area (TPSA) is 78.3 Å². The first-order valence-corrected chi connectivity index (χ1v) is 9.51. The minimum atomic E-state index is -0.883. The van der Waals surface area contributed by atoms with E-state index < -0.39 is 5.97 Å². The third kappa shape index (κ3) is 2.55. The number of hydrogen-bond donors (Lipinski definition) is 2. The number of piperazine rings is 1. The maximum Gasteiger partial charge on any atom is 0.336 e. The lowest BCUT2D eigenvalue weighted by Gasteiger charge is -2.31. The monoisotopic (exact) mass is 362 g/mol. The molecule has 3 aliphatic rings. The van der Waals surface area contributed by atoms with Gasteiger partial charge in [-0.05, 0) is 30.9 Å². The number of nitrogens with one attached hydrogen (secondary N) is 1. The maximum absolute atomic E-state index is 12.0. The van der Waals surface area contributed by atoms with Crippen molar-refractivity contribution in [1.29, 1.82) is 0 Å². The molecule has 2 unspecified atom stereocenters. The van der Waals surface area contributed by atoms with Crippen LogP contribution in [0.1, 0.15) is 28.8 Å². The van der Waals surface area contributed by atoms with Crippen LogP contribution in [0, 0.1) is 5.92 Å². The summed E-state index contributed by atoms with van der Waals surface area (Å²) in [6, 6.07) is 3.62. The fraction of sp³-hybridized carbons (Fsp3) is 0.381. The van der Waals surface area contributed by atoms with Crippen molar-refractivity contribution >= 4 is 11.7 Å². The summed E-state index contributed by atoms with van der Waals surface area (Å²) in [7, 11) is 0. The number of rotatable bonds is 4. The second kappa shape index (κ2) is 6.16. The minimum Gasteiger partial charge on any atom is -0.478 e. The molecular formula is C21H22N4O2. The third-order valence-electron chi connectivity index (χ3n) is 6.15. The van der Waals surface area contributed by atoms with Crippen molar-refractivity contribution in [3.63, 3.8) is 0 Å². The zero-order valence-corrected chi connectivity index (χ0v) is 15.1. The highest BCUT2D eigenvalue weighted by atomic mass is 16.4. The van der Waals surface area contributed by atoms with E-state index in [1.165, 1.54) is 0 Å². The molecule has 1 aliphatic heterocycles. The van der Waals surface area contributed by atoms with E-state index in [1.807, 2.05) is 12.3 Å². The van der Waals surface area contributed by atoms with E-state index in [-0.39, 0.29) is 5.41 Å². The highest BCUT2D eigenvalue weighted by Crippen LogP contribution is 2.63. The zero-order valence-electron chi connectivity index (χ0n) is 15.1. The summed E-state index contributed by atoms with van der Waals surface area (Å²) in [5.74, 6) is -0.380. The number of aromatic carboxylic acids is 1. The van der Waals surface area contributed by atoms with Crippen LogP contribution in [-0.4, -0.2) is 47.2 Å². The highest BCUT2D eigenvalue weighted by molar-refractivity contribution is 5.94. The average Bonchev–Trinajstić information content (AvgIpc) is 3.28. The average molecular weight is 362 g/mol. The molecule has 2 fully saturated rings. The van der Waals surface area contributed by atoms with Gasteiger partial charge in [0.25, 0.3) is 0 Å². The molecule has 1 saturated heterocycles. The molecule has 6 heteroatoms. The number of hydrogen-bond acceptors (Lipinski definition) is 5. The Hall–Kier alpha value is -2.73. The molecule has 27 heavy (non-hydrogen) atoms. The summed E-state index contributed by atoms with van der Waals surface area (Å²) in [6.45, 7) is 3.66. The van der Waals surface area contributed by atoms with Crippen LogP contribution in [0.15, 0.2) is 42.9 Å². The molecule has 0 radical (unpaired) electrons. The number of allylic oxidation sites excluding steroid dienone is 2. The molecule has 6 nitrogen and oxygen atoms in total. The van der Waals surface area contributed by atoms with E-state index in [1.54, 1.807) is 18.5 Å². The Morgan fingerprint density at radius 2 is 2.11 bits per heavy atom. The van der Waals surface area contributed by atoms with Crippen LogP contribution in [0.2, 0.25) is 0 Å². The fourth-order valence-electron chi connectivity index (χ4n) is 4.74. The van der Waals surface area contributed by atoms with E-state index >= 15 is 0 Å². The summed E-state index contributed by atoms with van der Waals surface area (Å²) in [5.41, 5.74) is 3.88. The summed E-state index contributed by atoms with van der Waals surface area (Å²) < 4.78 is 0. The van der Waals surface area contributed by atoms with E-state index in [2.05, 4.69) is 27.4 Å². The normalized spacial score (nSPS) is 26.1. The van der Waals surface area contributed by atoms with Crippen molar-refractivity contribution in [1.82, 2.24) is 15.3 Å². The molecule has 0 spiro atoms. The number of carboxylic acids is 1. The number of carbonyl (C=O) groups is 1. The fourth-order valence-corrected chi connectivity index (χ4v) is 4.74. The number of aromatic nitrogens is 2. The van der Waals surface area contributed by atoms with E-state index in [4.69, 9.17) is 4.98 Å². The lowest BCUT2D eigenvalue weighted by Crippen LogP contribution is -2.43. The summed E-state index contributed by atoms with van der Waals surface area (Å²) in [5, 5.41) is 13.2.